The van der Waals surface area contributed by atoms with Gasteiger partial charge in [0.05, 0.1) is 5.56 Å². The Hall–Kier alpha value is -0.680. The van der Waals surface area contributed by atoms with Gasteiger partial charge in [-0.05, 0) is 30.3 Å². The highest BCUT2D eigenvalue weighted by Crippen LogP contribution is 2.30. The molecule has 0 spiro atoms. The summed E-state index contributed by atoms with van der Waals surface area (Å²) in [4.78, 5) is 0. The zero-order valence-electron chi connectivity index (χ0n) is 8.76. The quantitative estimate of drug-likeness (QED) is 0.810. The van der Waals surface area contributed by atoms with E-state index < -0.39 is 11.7 Å². The van der Waals surface area contributed by atoms with Gasteiger partial charge in [-0.25, -0.2) is 0 Å². The second kappa shape index (κ2) is 6.15. The van der Waals surface area contributed by atoms with Crippen LogP contribution >= 0.6 is 11.8 Å². The van der Waals surface area contributed by atoms with E-state index in [4.69, 9.17) is 5.73 Å². The average Bonchev–Trinajstić information content (AvgIpc) is 2.24. The SMILES string of the molecule is NCCCSCc1cccc(C(F)(F)F)c1. The number of hydrogen-bond acceptors (Lipinski definition) is 2. The van der Waals surface area contributed by atoms with Crippen LogP contribution in [0.4, 0.5) is 13.2 Å². The molecule has 0 radical (unpaired) electrons. The molecule has 0 amide bonds. The fourth-order valence-corrected chi connectivity index (χ4v) is 2.14. The first-order valence-electron chi connectivity index (χ1n) is 4.98. The lowest BCUT2D eigenvalue weighted by Crippen LogP contribution is -2.05. The monoisotopic (exact) mass is 249 g/mol. The third kappa shape index (κ3) is 4.45. The largest absolute Gasteiger partial charge is 0.416 e. The molecule has 90 valence electrons. The highest BCUT2D eigenvalue weighted by atomic mass is 32.2. The van der Waals surface area contributed by atoms with E-state index in [2.05, 4.69) is 0 Å². The molecule has 0 saturated carbocycles. The summed E-state index contributed by atoms with van der Waals surface area (Å²) in [6.07, 6.45) is -3.36. The zero-order chi connectivity index (χ0) is 12.0. The lowest BCUT2D eigenvalue weighted by molar-refractivity contribution is -0.137. The third-order valence-electron chi connectivity index (χ3n) is 2.02. The van der Waals surface area contributed by atoms with Crippen LogP contribution in [0.25, 0.3) is 0 Å². The van der Waals surface area contributed by atoms with Crippen LogP contribution in [0.1, 0.15) is 17.5 Å². The molecule has 0 aromatic heterocycles. The Balaban J connectivity index is 2.54. The van der Waals surface area contributed by atoms with E-state index in [9.17, 15) is 13.2 Å². The Kier molecular flexibility index (Phi) is 5.15. The second-order valence-electron chi connectivity index (χ2n) is 3.39. The molecule has 1 nitrogen and oxygen atoms in total. The minimum atomic E-state index is -4.25. The van der Waals surface area contributed by atoms with Crippen molar-refractivity contribution in [1.29, 1.82) is 0 Å². The number of thioether (sulfide) groups is 1. The smallest absolute Gasteiger partial charge is 0.330 e. The molecule has 16 heavy (non-hydrogen) atoms. The Labute approximate surface area is 97.2 Å². The van der Waals surface area contributed by atoms with Gasteiger partial charge in [0.1, 0.15) is 0 Å². The van der Waals surface area contributed by atoms with Crippen molar-refractivity contribution >= 4 is 11.8 Å². The number of alkyl halides is 3. The molecule has 0 fully saturated rings. The fourth-order valence-electron chi connectivity index (χ4n) is 1.21. The number of hydrogen-bond donors (Lipinski definition) is 1. The van der Waals surface area contributed by atoms with Crippen LogP contribution in [0.3, 0.4) is 0 Å². The van der Waals surface area contributed by atoms with Crippen molar-refractivity contribution in [2.45, 2.75) is 18.3 Å². The summed E-state index contributed by atoms with van der Waals surface area (Å²) in [5.74, 6) is 1.48. The van der Waals surface area contributed by atoms with Crippen LogP contribution in [0.15, 0.2) is 24.3 Å². The maximum atomic E-state index is 12.4. The third-order valence-corrected chi connectivity index (χ3v) is 3.13. The number of benzene rings is 1. The van der Waals surface area contributed by atoms with E-state index in [0.717, 1.165) is 18.2 Å². The van der Waals surface area contributed by atoms with Crippen LogP contribution in [0.2, 0.25) is 0 Å². The summed E-state index contributed by atoms with van der Waals surface area (Å²) >= 11 is 1.60. The predicted octanol–water partition coefficient (Wildman–Crippen LogP) is 3.29. The maximum absolute atomic E-state index is 12.4. The molecule has 5 heteroatoms. The number of rotatable bonds is 5. The zero-order valence-corrected chi connectivity index (χ0v) is 9.57. The molecule has 0 aliphatic carbocycles. The van der Waals surface area contributed by atoms with Gasteiger partial charge in [0, 0.05) is 5.75 Å². The molecule has 0 heterocycles. The second-order valence-corrected chi connectivity index (χ2v) is 4.50. The topological polar surface area (TPSA) is 26.0 Å². The van der Waals surface area contributed by atoms with Crippen LogP contribution in [-0.4, -0.2) is 12.3 Å². The van der Waals surface area contributed by atoms with Gasteiger partial charge in [-0.2, -0.15) is 24.9 Å². The lowest BCUT2D eigenvalue weighted by atomic mass is 10.1. The summed E-state index contributed by atoms with van der Waals surface area (Å²) in [7, 11) is 0. The lowest BCUT2D eigenvalue weighted by Gasteiger charge is -2.08. The molecule has 0 atom stereocenters. The highest BCUT2D eigenvalue weighted by Gasteiger charge is 2.30. The predicted molar refractivity (Wildman–Crippen MR) is 61.3 cm³/mol. The van der Waals surface area contributed by atoms with Crippen molar-refractivity contribution in [2.75, 3.05) is 12.3 Å². The van der Waals surface area contributed by atoms with Gasteiger partial charge in [0.2, 0.25) is 0 Å². The van der Waals surface area contributed by atoms with Crippen molar-refractivity contribution < 1.29 is 13.2 Å². The Bertz CT molecular complexity index is 325. The molecule has 1 aromatic carbocycles. The van der Waals surface area contributed by atoms with Crippen LogP contribution < -0.4 is 5.73 Å². The first-order valence-corrected chi connectivity index (χ1v) is 6.13. The van der Waals surface area contributed by atoms with Gasteiger partial charge < -0.3 is 5.73 Å². The van der Waals surface area contributed by atoms with Crippen LogP contribution in [-0.2, 0) is 11.9 Å². The molecular formula is C11H14F3NS. The Morgan fingerprint density at radius 1 is 1.25 bits per heavy atom. The van der Waals surface area contributed by atoms with Gasteiger partial charge in [-0.1, -0.05) is 18.2 Å². The van der Waals surface area contributed by atoms with Crippen LogP contribution in [0, 0.1) is 0 Å². The number of halogens is 3. The van der Waals surface area contributed by atoms with E-state index in [1.54, 1.807) is 17.8 Å². The summed E-state index contributed by atoms with van der Waals surface area (Å²) in [5, 5.41) is 0. The molecule has 2 N–H and O–H groups in total. The molecule has 0 aliphatic heterocycles. The van der Waals surface area contributed by atoms with Crippen molar-refractivity contribution in [2.24, 2.45) is 5.73 Å². The van der Waals surface area contributed by atoms with Gasteiger partial charge >= 0.3 is 6.18 Å². The highest BCUT2D eigenvalue weighted by molar-refractivity contribution is 7.98. The molecule has 0 saturated heterocycles. The van der Waals surface area contributed by atoms with E-state index in [0.29, 0.717) is 17.9 Å². The molecule has 1 rings (SSSR count). The summed E-state index contributed by atoms with van der Waals surface area (Å²) in [6.45, 7) is 0.621. The van der Waals surface area contributed by atoms with Crippen molar-refractivity contribution in [1.82, 2.24) is 0 Å². The summed E-state index contributed by atoms with van der Waals surface area (Å²) < 4.78 is 37.2. The normalized spacial score (nSPS) is 11.8. The van der Waals surface area contributed by atoms with E-state index in [1.807, 2.05) is 0 Å². The molecule has 0 aliphatic rings. The molecule has 1 aromatic rings. The van der Waals surface area contributed by atoms with Crippen LogP contribution in [0.5, 0.6) is 0 Å². The Morgan fingerprint density at radius 3 is 2.62 bits per heavy atom. The summed E-state index contributed by atoms with van der Waals surface area (Å²) in [6, 6.07) is 5.45. The minimum absolute atomic E-state index is 0.579. The fraction of sp³-hybridized carbons (Fsp3) is 0.455. The van der Waals surface area contributed by atoms with Crippen molar-refractivity contribution in [3.05, 3.63) is 35.4 Å². The first kappa shape index (κ1) is 13.4. The van der Waals surface area contributed by atoms with Gasteiger partial charge in [0.15, 0.2) is 0 Å². The standard InChI is InChI=1S/C11H14F3NS/c12-11(13,14)10-4-1-3-9(7-10)8-16-6-2-5-15/h1,3-4,7H,2,5-6,8,15H2. The minimum Gasteiger partial charge on any atom is -0.330 e. The Morgan fingerprint density at radius 2 is 2.00 bits per heavy atom. The van der Waals surface area contributed by atoms with Gasteiger partial charge in [-0.15, -0.1) is 0 Å². The van der Waals surface area contributed by atoms with Crippen molar-refractivity contribution in [3.63, 3.8) is 0 Å². The van der Waals surface area contributed by atoms with E-state index in [-0.39, 0.29) is 0 Å². The maximum Gasteiger partial charge on any atom is 0.416 e. The van der Waals surface area contributed by atoms with E-state index in [1.165, 1.54) is 12.1 Å². The van der Waals surface area contributed by atoms with Gasteiger partial charge in [-0.3, -0.25) is 0 Å². The van der Waals surface area contributed by atoms with Gasteiger partial charge in [0.25, 0.3) is 0 Å². The molecule has 0 bridgehead atoms. The van der Waals surface area contributed by atoms with Crippen molar-refractivity contribution in [3.8, 4) is 0 Å². The first-order chi connectivity index (χ1) is 7.54. The molecular weight excluding hydrogens is 235 g/mol. The molecule has 0 unspecified atom stereocenters. The summed E-state index contributed by atoms with van der Waals surface area (Å²) in [5.41, 5.74) is 5.45. The number of nitrogens with two attached hydrogens (primary N) is 1. The average molecular weight is 249 g/mol. The van der Waals surface area contributed by atoms with E-state index >= 15 is 0 Å².